The second-order valence-electron chi connectivity index (χ2n) is 4.60. The summed E-state index contributed by atoms with van der Waals surface area (Å²) >= 11 is 6.05. The van der Waals surface area contributed by atoms with Crippen molar-refractivity contribution in [3.63, 3.8) is 0 Å². The molecule has 1 aromatic heterocycles. The van der Waals surface area contributed by atoms with Crippen molar-refractivity contribution in [1.29, 1.82) is 5.26 Å². The molecule has 1 aliphatic rings. The van der Waals surface area contributed by atoms with Gasteiger partial charge in [0, 0.05) is 22.6 Å². The molecule has 1 N–H and O–H groups in total. The number of benzene rings is 1. The van der Waals surface area contributed by atoms with Crippen LogP contribution in [-0.2, 0) is 0 Å². The number of rotatable bonds is 2. The minimum absolute atomic E-state index is 0.344. The lowest BCUT2D eigenvalue weighted by molar-refractivity contribution is 0.787. The first-order valence-corrected chi connectivity index (χ1v) is 6.55. The van der Waals surface area contributed by atoms with Crippen LogP contribution >= 0.6 is 11.6 Å². The maximum atomic E-state index is 9.24. The van der Waals surface area contributed by atoms with Crippen molar-refractivity contribution in [3.05, 3.63) is 47.1 Å². The number of anilines is 1. The van der Waals surface area contributed by atoms with Gasteiger partial charge >= 0.3 is 0 Å². The van der Waals surface area contributed by atoms with Crippen LogP contribution in [0.5, 0.6) is 0 Å². The van der Waals surface area contributed by atoms with Crippen molar-refractivity contribution in [2.24, 2.45) is 0 Å². The van der Waals surface area contributed by atoms with E-state index in [-0.39, 0.29) is 0 Å². The summed E-state index contributed by atoms with van der Waals surface area (Å²) in [6.45, 7) is 0. The first kappa shape index (κ1) is 12.0. The number of hydrogen-bond donors (Lipinski definition) is 1. The van der Waals surface area contributed by atoms with E-state index in [0.717, 1.165) is 29.4 Å². The molecule has 94 valence electrons. The zero-order valence-electron chi connectivity index (χ0n) is 10.2. The highest BCUT2D eigenvalue weighted by Crippen LogP contribution is 2.30. The van der Waals surface area contributed by atoms with E-state index in [1.165, 1.54) is 0 Å². The van der Waals surface area contributed by atoms with Crippen LogP contribution in [0.15, 0.2) is 36.5 Å². The Morgan fingerprint density at radius 3 is 2.84 bits per heavy atom. The Labute approximate surface area is 116 Å². The summed E-state index contributed by atoms with van der Waals surface area (Å²) in [6.07, 6.45) is 7.88. The van der Waals surface area contributed by atoms with Gasteiger partial charge in [0.15, 0.2) is 0 Å². The van der Waals surface area contributed by atoms with E-state index in [4.69, 9.17) is 11.6 Å². The number of halogens is 1. The Morgan fingerprint density at radius 1 is 1.32 bits per heavy atom. The fraction of sp³-hybridized carbons (Fsp3) is 0.200. The largest absolute Gasteiger partial charge is 0.380 e. The lowest BCUT2D eigenvalue weighted by Crippen LogP contribution is -2.16. The molecule has 4 heteroatoms. The van der Waals surface area contributed by atoms with Crippen molar-refractivity contribution in [3.8, 4) is 6.07 Å². The third kappa shape index (κ3) is 2.27. The summed E-state index contributed by atoms with van der Waals surface area (Å²) < 4.78 is 0. The van der Waals surface area contributed by atoms with Gasteiger partial charge in [0.25, 0.3) is 0 Å². The van der Waals surface area contributed by atoms with Crippen LogP contribution in [0.4, 0.5) is 5.69 Å². The minimum atomic E-state index is 0.344. The lowest BCUT2D eigenvalue weighted by atomic mass is 10.1. The van der Waals surface area contributed by atoms with E-state index in [9.17, 15) is 5.26 Å². The molecule has 1 heterocycles. The van der Waals surface area contributed by atoms with Gasteiger partial charge in [-0.2, -0.15) is 5.26 Å². The van der Waals surface area contributed by atoms with Crippen LogP contribution in [0.3, 0.4) is 0 Å². The van der Waals surface area contributed by atoms with Gasteiger partial charge in [0.05, 0.1) is 16.8 Å². The number of nitrogens with zero attached hydrogens (tertiary/aromatic N) is 2. The third-order valence-corrected chi connectivity index (χ3v) is 3.54. The maximum Gasteiger partial charge on any atom is 0.103 e. The second kappa shape index (κ2) is 4.91. The van der Waals surface area contributed by atoms with E-state index in [2.05, 4.69) is 28.5 Å². The zero-order valence-corrected chi connectivity index (χ0v) is 11.0. The first-order chi connectivity index (χ1) is 9.28. The molecule has 0 fully saturated rings. The summed E-state index contributed by atoms with van der Waals surface area (Å²) in [4.78, 5) is 4.29. The molecular weight excluding hydrogens is 258 g/mol. The Hall–Kier alpha value is -2.05. The van der Waals surface area contributed by atoms with Gasteiger partial charge in [-0.15, -0.1) is 0 Å². The molecule has 0 bridgehead atoms. The van der Waals surface area contributed by atoms with Crippen molar-refractivity contribution < 1.29 is 0 Å². The summed E-state index contributed by atoms with van der Waals surface area (Å²) in [5.41, 5.74) is 2.24. The van der Waals surface area contributed by atoms with Crippen molar-refractivity contribution in [1.82, 2.24) is 4.98 Å². The molecule has 0 saturated heterocycles. The molecule has 0 amide bonds. The Kier molecular flexibility index (Phi) is 3.10. The van der Waals surface area contributed by atoms with Crippen LogP contribution in [-0.4, -0.2) is 11.0 Å². The second-order valence-corrected chi connectivity index (χ2v) is 5.04. The van der Waals surface area contributed by atoms with Crippen molar-refractivity contribution in [2.45, 2.75) is 18.9 Å². The van der Waals surface area contributed by atoms with Gasteiger partial charge in [-0.1, -0.05) is 23.8 Å². The zero-order chi connectivity index (χ0) is 13.2. The smallest absolute Gasteiger partial charge is 0.103 e. The fourth-order valence-electron chi connectivity index (χ4n) is 2.34. The molecule has 0 saturated carbocycles. The Morgan fingerprint density at radius 2 is 2.11 bits per heavy atom. The van der Waals surface area contributed by atoms with E-state index in [0.29, 0.717) is 16.6 Å². The molecule has 0 unspecified atom stereocenters. The van der Waals surface area contributed by atoms with Crippen LogP contribution in [0.25, 0.3) is 10.9 Å². The Bertz CT molecular complexity index is 692. The highest BCUT2D eigenvalue weighted by Gasteiger charge is 2.15. The van der Waals surface area contributed by atoms with Gasteiger partial charge < -0.3 is 5.32 Å². The monoisotopic (exact) mass is 269 g/mol. The maximum absolute atomic E-state index is 9.24. The highest BCUT2D eigenvalue weighted by molar-refractivity contribution is 6.31. The summed E-state index contributed by atoms with van der Waals surface area (Å²) in [5, 5.41) is 14.2. The highest BCUT2D eigenvalue weighted by atomic mass is 35.5. The van der Waals surface area contributed by atoms with E-state index in [1.807, 2.05) is 18.2 Å². The number of nitrogens with one attached hydrogen (secondary N) is 1. The average molecular weight is 270 g/mol. The lowest BCUT2D eigenvalue weighted by Gasteiger charge is -2.16. The summed E-state index contributed by atoms with van der Waals surface area (Å²) in [7, 11) is 0. The number of nitriles is 1. The van der Waals surface area contributed by atoms with Crippen molar-refractivity contribution in [2.75, 3.05) is 5.32 Å². The fourth-order valence-corrected chi connectivity index (χ4v) is 2.52. The third-order valence-electron chi connectivity index (χ3n) is 3.31. The van der Waals surface area contributed by atoms with Gasteiger partial charge in [0.2, 0.25) is 0 Å². The quantitative estimate of drug-likeness (QED) is 0.842. The number of hydrogen-bond acceptors (Lipinski definition) is 3. The van der Waals surface area contributed by atoms with Gasteiger partial charge in [-0.3, -0.25) is 4.98 Å². The molecule has 3 nitrogen and oxygen atoms in total. The van der Waals surface area contributed by atoms with E-state index < -0.39 is 0 Å². The molecule has 0 atom stereocenters. The Balaban J connectivity index is 2.12. The SMILES string of the molecule is N#Cc1cnc2ccc(Cl)cc2c1NC1CC=CC1. The predicted octanol–water partition coefficient (Wildman–Crippen LogP) is 3.89. The molecule has 3 rings (SSSR count). The van der Waals surface area contributed by atoms with Crippen LogP contribution in [0.2, 0.25) is 5.02 Å². The number of fused-ring (bicyclic) bond motifs is 1. The topological polar surface area (TPSA) is 48.7 Å². The number of pyridine rings is 1. The standard InChI is InChI=1S/C15H12ClN3/c16-11-5-6-14-13(7-11)15(10(8-17)9-18-14)19-12-3-1-2-4-12/h1-2,5-7,9,12H,3-4H2,(H,18,19). The predicted molar refractivity (Wildman–Crippen MR) is 77.3 cm³/mol. The molecular formula is C15H12ClN3. The van der Waals surface area contributed by atoms with Gasteiger partial charge in [-0.25, -0.2) is 0 Å². The first-order valence-electron chi connectivity index (χ1n) is 6.18. The molecule has 0 aliphatic heterocycles. The van der Waals surface area contributed by atoms with Crippen LogP contribution < -0.4 is 5.32 Å². The van der Waals surface area contributed by atoms with Gasteiger partial charge in [-0.05, 0) is 31.0 Å². The van der Waals surface area contributed by atoms with Crippen molar-refractivity contribution >= 4 is 28.2 Å². The van der Waals surface area contributed by atoms with Gasteiger partial charge in [0.1, 0.15) is 6.07 Å². The van der Waals surface area contributed by atoms with Crippen LogP contribution in [0, 0.1) is 11.3 Å². The summed E-state index contributed by atoms with van der Waals surface area (Å²) in [5.74, 6) is 0. The minimum Gasteiger partial charge on any atom is -0.380 e. The normalized spacial score (nSPS) is 14.7. The molecule has 0 radical (unpaired) electrons. The van der Waals surface area contributed by atoms with Crippen LogP contribution in [0.1, 0.15) is 18.4 Å². The molecule has 0 spiro atoms. The number of aromatic nitrogens is 1. The molecule has 2 aromatic rings. The molecule has 1 aromatic carbocycles. The van der Waals surface area contributed by atoms with E-state index in [1.54, 1.807) is 6.20 Å². The summed E-state index contributed by atoms with van der Waals surface area (Å²) in [6, 6.07) is 8.07. The molecule has 19 heavy (non-hydrogen) atoms. The average Bonchev–Trinajstić information content (AvgIpc) is 2.92. The van der Waals surface area contributed by atoms with E-state index >= 15 is 0 Å². The molecule has 1 aliphatic carbocycles.